The Labute approximate surface area is 128 Å². The average Bonchev–Trinajstić information content (AvgIpc) is 2.66. The third kappa shape index (κ3) is 3.04. The fraction of sp³-hybridized carbons (Fsp3) is 0.308. The number of aliphatic hydroxyl groups excluding tert-OH is 1. The first-order valence-corrected chi connectivity index (χ1v) is 8.04. The largest absolute Gasteiger partial charge is 0.392 e. The summed E-state index contributed by atoms with van der Waals surface area (Å²) in [5, 5.41) is 13.2. The van der Waals surface area contributed by atoms with Crippen LogP contribution in [0.3, 0.4) is 0 Å². The Kier molecular flexibility index (Phi) is 4.27. The van der Waals surface area contributed by atoms with E-state index in [1.165, 1.54) is 4.68 Å². The van der Waals surface area contributed by atoms with E-state index in [2.05, 4.69) is 9.82 Å². The van der Waals surface area contributed by atoms with Gasteiger partial charge in [0.2, 0.25) is 0 Å². The molecule has 0 unspecified atom stereocenters. The van der Waals surface area contributed by atoms with Crippen molar-refractivity contribution in [2.75, 3.05) is 4.72 Å². The highest BCUT2D eigenvalue weighted by Gasteiger charge is 2.25. The number of aromatic nitrogens is 2. The molecule has 0 aliphatic heterocycles. The molecule has 0 bridgehead atoms. The molecule has 21 heavy (non-hydrogen) atoms. The maximum atomic E-state index is 12.5. The smallest absolute Gasteiger partial charge is 0.266 e. The van der Waals surface area contributed by atoms with Gasteiger partial charge in [-0.15, -0.1) is 0 Å². The second-order valence-electron chi connectivity index (χ2n) is 4.74. The highest BCUT2D eigenvalue weighted by molar-refractivity contribution is 7.92. The molecule has 0 amide bonds. The molecule has 0 radical (unpaired) electrons. The maximum absolute atomic E-state index is 12.5. The molecular formula is C13H16ClN3O3S. The molecular weight excluding hydrogens is 314 g/mol. The third-order valence-electron chi connectivity index (χ3n) is 3.10. The van der Waals surface area contributed by atoms with Crippen LogP contribution in [0.1, 0.15) is 16.8 Å². The summed E-state index contributed by atoms with van der Waals surface area (Å²) >= 11 is 6.00. The number of benzene rings is 1. The van der Waals surface area contributed by atoms with Gasteiger partial charge in [0.1, 0.15) is 10.0 Å². The van der Waals surface area contributed by atoms with Crippen molar-refractivity contribution in [2.24, 2.45) is 7.05 Å². The molecule has 1 heterocycles. The van der Waals surface area contributed by atoms with Crippen molar-refractivity contribution in [3.05, 3.63) is 40.2 Å². The van der Waals surface area contributed by atoms with Gasteiger partial charge in [0.05, 0.1) is 18.0 Å². The van der Waals surface area contributed by atoms with Crippen LogP contribution in [0.5, 0.6) is 0 Å². The molecule has 0 aliphatic rings. The second-order valence-corrected chi connectivity index (χ2v) is 6.72. The highest BCUT2D eigenvalue weighted by Crippen LogP contribution is 2.27. The molecule has 0 aliphatic carbocycles. The lowest BCUT2D eigenvalue weighted by atomic mass is 10.1. The Balaban J connectivity index is 2.47. The van der Waals surface area contributed by atoms with Crippen LogP contribution in [0, 0.1) is 13.8 Å². The molecule has 8 heteroatoms. The van der Waals surface area contributed by atoms with Gasteiger partial charge < -0.3 is 5.11 Å². The van der Waals surface area contributed by atoms with Crippen LogP contribution in [-0.4, -0.2) is 23.3 Å². The van der Waals surface area contributed by atoms with E-state index in [9.17, 15) is 8.42 Å². The zero-order valence-electron chi connectivity index (χ0n) is 11.9. The molecule has 2 rings (SSSR count). The van der Waals surface area contributed by atoms with Crippen LogP contribution in [0.25, 0.3) is 0 Å². The quantitative estimate of drug-likeness (QED) is 0.898. The van der Waals surface area contributed by atoms with Crippen molar-refractivity contribution >= 4 is 27.3 Å². The summed E-state index contributed by atoms with van der Waals surface area (Å²) in [6.45, 7) is 3.19. The standard InChI is InChI=1S/C13H16ClN3O3S/c1-8-4-5-10(7-18)6-11(8)16-21(19,20)12-9(2)15-17(3)13(12)14/h4-6,16,18H,7H2,1-3H3. The SMILES string of the molecule is Cc1ccc(CO)cc1NS(=O)(=O)c1c(C)nn(C)c1Cl. The van der Waals surface area contributed by atoms with Crippen LogP contribution >= 0.6 is 11.6 Å². The summed E-state index contributed by atoms with van der Waals surface area (Å²) in [6.07, 6.45) is 0. The van der Waals surface area contributed by atoms with Gasteiger partial charge in [-0.2, -0.15) is 5.10 Å². The molecule has 6 nitrogen and oxygen atoms in total. The van der Waals surface area contributed by atoms with Crippen LogP contribution in [-0.2, 0) is 23.7 Å². The number of nitrogens with one attached hydrogen (secondary N) is 1. The molecule has 1 aromatic heterocycles. The first kappa shape index (κ1) is 15.8. The molecule has 2 aromatic rings. The summed E-state index contributed by atoms with van der Waals surface area (Å²) < 4.78 is 28.8. The Morgan fingerprint density at radius 3 is 2.57 bits per heavy atom. The van der Waals surface area contributed by atoms with Gasteiger partial charge >= 0.3 is 0 Å². The second kappa shape index (κ2) is 5.67. The van der Waals surface area contributed by atoms with Gasteiger partial charge in [-0.25, -0.2) is 8.42 Å². The number of rotatable bonds is 4. The monoisotopic (exact) mass is 329 g/mol. The average molecular weight is 330 g/mol. The number of hydrogen-bond acceptors (Lipinski definition) is 4. The molecule has 0 saturated heterocycles. The van der Waals surface area contributed by atoms with Crippen molar-refractivity contribution in [1.29, 1.82) is 0 Å². The molecule has 0 spiro atoms. The number of sulfonamides is 1. The molecule has 0 atom stereocenters. The fourth-order valence-electron chi connectivity index (χ4n) is 1.99. The summed E-state index contributed by atoms with van der Waals surface area (Å²) in [4.78, 5) is -0.0412. The van der Waals surface area contributed by atoms with Crippen LogP contribution in [0.15, 0.2) is 23.1 Å². The Bertz CT molecular complexity index is 784. The number of nitrogens with zero attached hydrogens (tertiary/aromatic N) is 2. The van der Waals surface area contributed by atoms with Crippen molar-refractivity contribution in [3.8, 4) is 0 Å². The minimum absolute atomic E-state index is 0.0412. The van der Waals surface area contributed by atoms with Crippen molar-refractivity contribution in [3.63, 3.8) is 0 Å². The van der Waals surface area contributed by atoms with E-state index < -0.39 is 10.0 Å². The van der Waals surface area contributed by atoms with E-state index in [1.807, 2.05) is 0 Å². The van der Waals surface area contributed by atoms with Crippen molar-refractivity contribution in [2.45, 2.75) is 25.3 Å². The van der Waals surface area contributed by atoms with E-state index >= 15 is 0 Å². The van der Waals surface area contributed by atoms with Gasteiger partial charge in [-0.05, 0) is 31.0 Å². The number of halogens is 1. The van der Waals surface area contributed by atoms with Gasteiger partial charge in [0.25, 0.3) is 10.0 Å². The lowest BCUT2D eigenvalue weighted by Crippen LogP contribution is -2.15. The van der Waals surface area contributed by atoms with Crippen molar-refractivity contribution < 1.29 is 13.5 Å². The molecule has 114 valence electrons. The van der Waals surface area contributed by atoms with Gasteiger partial charge in [0.15, 0.2) is 0 Å². The number of aryl methyl sites for hydroxylation is 3. The third-order valence-corrected chi connectivity index (χ3v) is 5.16. The Morgan fingerprint density at radius 1 is 1.38 bits per heavy atom. The highest BCUT2D eigenvalue weighted by atomic mass is 35.5. The lowest BCUT2D eigenvalue weighted by molar-refractivity contribution is 0.282. The predicted octanol–water partition coefficient (Wildman–Crippen LogP) is 1.98. The van der Waals surface area contributed by atoms with Crippen molar-refractivity contribution in [1.82, 2.24) is 9.78 Å². The normalized spacial score (nSPS) is 11.7. The summed E-state index contributed by atoms with van der Waals surface area (Å²) in [5.41, 5.74) is 2.09. The first-order chi connectivity index (χ1) is 9.76. The Hall–Kier alpha value is -1.57. The van der Waals surface area contributed by atoms with E-state index in [4.69, 9.17) is 16.7 Å². The molecule has 2 N–H and O–H groups in total. The predicted molar refractivity (Wildman–Crippen MR) is 80.9 cm³/mol. The van der Waals surface area contributed by atoms with E-state index in [0.717, 1.165) is 5.56 Å². The molecule has 0 fully saturated rings. The molecule has 0 saturated carbocycles. The molecule has 1 aromatic carbocycles. The zero-order valence-corrected chi connectivity index (χ0v) is 13.5. The Morgan fingerprint density at radius 2 is 2.05 bits per heavy atom. The number of anilines is 1. The van der Waals surface area contributed by atoms with Gasteiger partial charge in [-0.3, -0.25) is 9.40 Å². The van der Waals surface area contributed by atoms with Gasteiger partial charge in [-0.1, -0.05) is 23.7 Å². The maximum Gasteiger partial charge on any atom is 0.266 e. The van der Waals surface area contributed by atoms with E-state index in [-0.39, 0.29) is 16.7 Å². The van der Waals surface area contributed by atoms with E-state index in [0.29, 0.717) is 16.9 Å². The summed E-state index contributed by atoms with van der Waals surface area (Å²) in [5.74, 6) is 0. The minimum Gasteiger partial charge on any atom is -0.392 e. The summed E-state index contributed by atoms with van der Waals surface area (Å²) in [7, 11) is -2.27. The number of hydrogen-bond donors (Lipinski definition) is 2. The minimum atomic E-state index is -3.85. The van der Waals surface area contributed by atoms with Crippen LogP contribution in [0.4, 0.5) is 5.69 Å². The topological polar surface area (TPSA) is 84.2 Å². The van der Waals surface area contributed by atoms with Gasteiger partial charge in [0, 0.05) is 7.05 Å². The van der Waals surface area contributed by atoms with E-state index in [1.54, 1.807) is 39.1 Å². The lowest BCUT2D eigenvalue weighted by Gasteiger charge is -2.11. The summed E-state index contributed by atoms with van der Waals surface area (Å²) in [6, 6.07) is 5.06. The number of aliphatic hydroxyl groups is 1. The first-order valence-electron chi connectivity index (χ1n) is 6.18. The fourth-order valence-corrected chi connectivity index (χ4v) is 3.86. The van der Waals surface area contributed by atoms with Crippen LogP contribution < -0.4 is 4.72 Å². The zero-order chi connectivity index (χ0) is 15.8. The van der Waals surface area contributed by atoms with Crippen LogP contribution in [0.2, 0.25) is 5.15 Å².